The second-order valence-electron chi connectivity index (χ2n) is 4.21. The zero-order chi connectivity index (χ0) is 8.72. The molecule has 0 bridgehead atoms. The van der Waals surface area contributed by atoms with Crippen LogP contribution in [0, 0.1) is 25.7 Å². The molecular weight excluding hydrogens is 146 g/mol. The minimum atomic E-state index is 0.954. The fourth-order valence-corrected chi connectivity index (χ4v) is 1.76. The SMILES string of the molecule is Cc1ccn(C[C@H]2C[C@@H]2C)c1C. The highest BCUT2D eigenvalue weighted by Gasteiger charge is 2.32. The van der Waals surface area contributed by atoms with Crippen LogP contribution < -0.4 is 0 Å². The lowest BCUT2D eigenvalue weighted by atomic mass is 10.3. The van der Waals surface area contributed by atoms with Crippen molar-refractivity contribution in [2.75, 3.05) is 0 Å². The lowest BCUT2D eigenvalue weighted by molar-refractivity contribution is 0.584. The van der Waals surface area contributed by atoms with Gasteiger partial charge >= 0.3 is 0 Å². The Morgan fingerprint density at radius 1 is 1.50 bits per heavy atom. The van der Waals surface area contributed by atoms with E-state index in [2.05, 4.69) is 37.6 Å². The van der Waals surface area contributed by atoms with Crippen molar-refractivity contribution < 1.29 is 0 Å². The third kappa shape index (κ3) is 1.28. The molecule has 0 N–H and O–H groups in total. The average molecular weight is 163 g/mol. The van der Waals surface area contributed by atoms with Gasteiger partial charge in [-0.25, -0.2) is 0 Å². The number of aromatic nitrogens is 1. The van der Waals surface area contributed by atoms with Gasteiger partial charge in [0, 0.05) is 18.4 Å². The van der Waals surface area contributed by atoms with Crippen LogP contribution in [-0.2, 0) is 6.54 Å². The van der Waals surface area contributed by atoms with E-state index >= 15 is 0 Å². The quantitative estimate of drug-likeness (QED) is 0.631. The predicted octanol–water partition coefficient (Wildman–Crippen LogP) is 2.76. The molecule has 1 aromatic heterocycles. The Bertz CT molecular complexity index is 285. The molecule has 1 heteroatoms. The minimum absolute atomic E-state index is 0.954. The number of hydrogen-bond donors (Lipinski definition) is 0. The highest BCUT2D eigenvalue weighted by molar-refractivity contribution is 5.19. The van der Waals surface area contributed by atoms with Crippen LogP contribution in [0.4, 0.5) is 0 Å². The molecule has 1 saturated carbocycles. The molecule has 1 aromatic rings. The molecule has 0 radical (unpaired) electrons. The van der Waals surface area contributed by atoms with Crippen molar-refractivity contribution in [2.45, 2.75) is 33.7 Å². The molecule has 12 heavy (non-hydrogen) atoms. The van der Waals surface area contributed by atoms with Gasteiger partial charge in [0.2, 0.25) is 0 Å². The molecular formula is C11H17N. The summed E-state index contributed by atoms with van der Waals surface area (Å²) in [5.74, 6) is 1.92. The van der Waals surface area contributed by atoms with Crippen LogP contribution in [0.25, 0.3) is 0 Å². The summed E-state index contributed by atoms with van der Waals surface area (Å²) < 4.78 is 2.39. The Balaban J connectivity index is 2.08. The van der Waals surface area contributed by atoms with E-state index in [1.54, 1.807) is 0 Å². The molecule has 1 aliphatic rings. The van der Waals surface area contributed by atoms with Gasteiger partial charge in [-0.15, -0.1) is 0 Å². The molecule has 1 aliphatic carbocycles. The topological polar surface area (TPSA) is 4.93 Å². The average Bonchev–Trinajstić information content (AvgIpc) is 2.64. The molecule has 66 valence electrons. The standard InChI is InChI=1S/C11H17N/c1-8-4-5-12(10(8)3)7-11-6-9(11)2/h4-5,9,11H,6-7H2,1-3H3/t9-,11+/m0/s1. The Hall–Kier alpha value is -0.720. The second kappa shape index (κ2) is 2.65. The van der Waals surface area contributed by atoms with Crippen molar-refractivity contribution in [1.29, 1.82) is 0 Å². The molecule has 0 unspecified atom stereocenters. The van der Waals surface area contributed by atoms with Crippen molar-refractivity contribution in [3.8, 4) is 0 Å². The van der Waals surface area contributed by atoms with E-state index in [-0.39, 0.29) is 0 Å². The summed E-state index contributed by atoms with van der Waals surface area (Å²) >= 11 is 0. The van der Waals surface area contributed by atoms with E-state index in [9.17, 15) is 0 Å². The molecule has 1 fully saturated rings. The van der Waals surface area contributed by atoms with Gasteiger partial charge in [-0.05, 0) is 43.7 Å². The summed E-state index contributed by atoms with van der Waals surface area (Å²) in [5.41, 5.74) is 2.86. The van der Waals surface area contributed by atoms with Crippen molar-refractivity contribution in [1.82, 2.24) is 4.57 Å². The molecule has 0 spiro atoms. The van der Waals surface area contributed by atoms with Crippen LogP contribution in [0.5, 0.6) is 0 Å². The van der Waals surface area contributed by atoms with E-state index in [0.717, 1.165) is 11.8 Å². The third-order valence-corrected chi connectivity index (χ3v) is 3.21. The normalized spacial score (nSPS) is 27.6. The lowest BCUT2D eigenvalue weighted by Crippen LogP contribution is -2.01. The van der Waals surface area contributed by atoms with Crippen molar-refractivity contribution >= 4 is 0 Å². The first kappa shape index (κ1) is 7.90. The van der Waals surface area contributed by atoms with Gasteiger partial charge in [-0.2, -0.15) is 0 Å². The van der Waals surface area contributed by atoms with E-state index < -0.39 is 0 Å². The minimum Gasteiger partial charge on any atom is -0.351 e. The zero-order valence-corrected chi connectivity index (χ0v) is 8.17. The maximum atomic E-state index is 2.39. The molecule has 0 aromatic carbocycles. The van der Waals surface area contributed by atoms with Crippen LogP contribution in [0.2, 0.25) is 0 Å². The first-order valence-corrected chi connectivity index (χ1v) is 4.81. The molecule has 2 rings (SSSR count). The maximum Gasteiger partial charge on any atom is 0.0253 e. The molecule has 2 atom stereocenters. The van der Waals surface area contributed by atoms with E-state index in [4.69, 9.17) is 0 Å². The monoisotopic (exact) mass is 163 g/mol. The predicted molar refractivity (Wildman–Crippen MR) is 51.2 cm³/mol. The van der Waals surface area contributed by atoms with E-state index in [1.165, 1.54) is 24.2 Å². The van der Waals surface area contributed by atoms with Gasteiger partial charge in [-0.3, -0.25) is 0 Å². The lowest BCUT2D eigenvalue weighted by Gasteiger charge is -2.04. The van der Waals surface area contributed by atoms with Gasteiger partial charge in [0.25, 0.3) is 0 Å². The van der Waals surface area contributed by atoms with Crippen LogP contribution in [0.15, 0.2) is 12.3 Å². The highest BCUT2D eigenvalue weighted by Crippen LogP contribution is 2.39. The van der Waals surface area contributed by atoms with Crippen LogP contribution in [0.1, 0.15) is 24.6 Å². The number of hydrogen-bond acceptors (Lipinski definition) is 0. The molecule has 0 aliphatic heterocycles. The smallest absolute Gasteiger partial charge is 0.0253 e. The highest BCUT2D eigenvalue weighted by atomic mass is 15.0. The van der Waals surface area contributed by atoms with Gasteiger partial charge in [0.15, 0.2) is 0 Å². The van der Waals surface area contributed by atoms with Crippen LogP contribution in [0.3, 0.4) is 0 Å². The van der Waals surface area contributed by atoms with Crippen molar-refractivity contribution in [3.05, 3.63) is 23.5 Å². The van der Waals surface area contributed by atoms with Crippen LogP contribution in [-0.4, -0.2) is 4.57 Å². The third-order valence-electron chi connectivity index (χ3n) is 3.21. The Morgan fingerprint density at radius 3 is 2.58 bits per heavy atom. The largest absolute Gasteiger partial charge is 0.351 e. The second-order valence-corrected chi connectivity index (χ2v) is 4.21. The molecule has 0 amide bonds. The summed E-state index contributed by atoms with van der Waals surface area (Å²) in [5, 5.41) is 0. The number of aryl methyl sites for hydroxylation is 1. The summed E-state index contributed by atoms with van der Waals surface area (Å²) in [4.78, 5) is 0. The van der Waals surface area contributed by atoms with Crippen molar-refractivity contribution in [2.24, 2.45) is 11.8 Å². The molecule has 1 nitrogen and oxygen atoms in total. The Kier molecular flexibility index (Phi) is 1.75. The zero-order valence-electron chi connectivity index (χ0n) is 8.17. The van der Waals surface area contributed by atoms with E-state index in [0.29, 0.717) is 0 Å². The summed E-state index contributed by atoms with van der Waals surface area (Å²) in [6, 6.07) is 2.21. The first-order chi connectivity index (χ1) is 5.68. The number of nitrogens with zero attached hydrogens (tertiary/aromatic N) is 1. The first-order valence-electron chi connectivity index (χ1n) is 4.81. The molecule has 1 heterocycles. The number of rotatable bonds is 2. The fourth-order valence-electron chi connectivity index (χ4n) is 1.76. The van der Waals surface area contributed by atoms with Crippen molar-refractivity contribution in [3.63, 3.8) is 0 Å². The summed E-state index contributed by atoms with van der Waals surface area (Å²) in [6.07, 6.45) is 3.65. The van der Waals surface area contributed by atoms with Gasteiger partial charge in [0.05, 0.1) is 0 Å². The molecule has 0 saturated heterocycles. The Labute approximate surface area is 74.4 Å². The maximum absolute atomic E-state index is 2.39. The Morgan fingerprint density at radius 2 is 2.17 bits per heavy atom. The summed E-state index contributed by atoms with van der Waals surface area (Å²) in [6.45, 7) is 7.97. The van der Waals surface area contributed by atoms with Gasteiger partial charge < -0.3 is 4.57 Å². The van der Waals surface area contributed by atoms with Crippen LogP contribution >= 0.6 is 0 Å². The fraction of sp³-hybridized carbons (Fsp3) is 0.636. The van der Waals surface area contributed by atoms with E-state index in [1.807, 2.05) is 0 Å². The van der Waals surface area contributed by atoms with Gasteiger partial charge in [-0.1, -0.05) is 6.92 Å². The van der Waals surface area contributed by atoms with Gasteiger partial charge in [0.1, 0.15) is 0 Å². The summed E-state index contributed by atoms with van der Waals surface area (Å²) in [7, 11) is 0.